The van der Waals surface area contributed by atoms with Crippen LogP contribution in [0.1, 0.15) is 42.0 Å². The molecule has 1 aromatic heterocycles. The normalized spacial score (nSPS) is 12.9. The van der Waals surface area contributed by atoms with Crippen molar-refractivity contribution in [2.24, 2.45) is 5.73 Å². The number of hydrogen-bond donors (Lipinski definition) is 4. The van der Waals surface area contributed by atoms with E-state index in [0.717, 1.165) is 40.6 Å². The number of aryl methyl sites for hydroxylation is 1. The highest BCUT2D eigenvalue weighted by molar-refractivity contribution is 5.83. The van der Waals surface area contributed by atoms with Gasteiger partial charge in [0.1, 0.15) is 12.4 Å². The van der Waals surface area contributed by atoms with Gasteiger partial charge in [0.05, 0.1) is 0 Å². The first-order valence-corrected chi connectivity index (χ1v) is 12.1. The van der Waals surface area contributed by atoms with Crippen LogP contribution in [0.5, 0.6) is 5.75 Å². The molecule has 0 fully saturated rings. The summed E-state index contributed by atoms with van der Waals surface area (Å²) in [7, 11) is 0. The Bertz CT molecular complexity index is 1220. The number of carboxylic acid groups (broad SMARTS) is 1. The maximum atomic E-state index is 11.3. The van der Waals surface area contributed by atoms with Crippen molar-refractivity contribution in [1.82, 2.24) is 10.3 Å². The number of aliphatic carboxylic acids is 1. The number of hydrogen-bond acceptors (Lipinski definition) is 4. The molecule has 0 aliphatic rings. The number of aromatic amines is 1. The smallest absolute Gasteiger partial charge is 0.303 e. The summed E-state index contributed by atoms with van der Waals surface area (Å²) in [4.78, 5) is 14.6. The topological polar surface area (TPSA) is 100 Å². The fourth-order valence-corrected chi connectivity index (χ4v) is 4.41. The van der Waals surface area contributed by atoms with E-state index >= 15 is 0 Å². The van der Waals surface area contributed by atoms with Crippen LogP contribution in [-0.4, -0.2) is 28.6 Å². The van der Waals surface area contributed by atoms with E-state index in [1.54, 1.807) is 0 Å². The van der Waals surface area contributed by atoms with Gasteiger partial charge in [-0.25, -0.2) is 0 Å². The lowest BCUT2D eigenvalue weighted by Gasteiger charge is -2.25. The number of carbonyl (C=O) groups is 1. The lowest BCUT2D eigenvalue weighted by atomic mass is 9.98. The second-order valence-electron chi connectivity index (χ2n) is 8.83. The minimum absolute atomic E-state index is 0.0522. The van der Waals surface area contributed by atoms with E-state index in [9.17, 15) is 9.90 Å². The summed E-state index contributed by atoms with van der Waals surface area (Å²) in [5.74, 6) is 0.0509. The zero-order chi connectivity index (χ0) is 24.5. The van der Waals surface area contributed by atoms with E-state index in [0.29, 0.717) is 19.6 Å². The SMILES string of the molecule is NCC(CCc1cccc(OCc2ccccc2)c1)N[C@H](CCC(=O)O)c1c[nH]c2ccccc12. The third kappa shape index (κ3) is 6.94. The van der Waals surface area contributed by atoms with E-state index in [-0.39, 0.29) is 18.5 Å². The molecule has 1 unspecified atom stereocenters. The van der Waals surface area contributed by atoms with Crippen LogP contribution in [0.2, 0.25) is 0 Å². The van der Waals surface area contributed by atoms with Gasteiger partial charge in [-0.2, -0.15) is 0 Å². The summed E-state index contributed by atoms with van der Waals surface area (Å²) >= 11 is 0. The van der Waals surface area contributed by atoms with Crippen molar-refractivity contribution in [1.29, 1.82) is 0 Å². The molecule has 0 aliphatic carbocycles. The predicted molar refractivity (Wildman–Crippen MR) is 139 cm³/mol. The number of carboxylic acids is 1. The third-order valence-electron chi connectivity index (χ3n) is 6.29. The molecule has 6 heteroatoms. The van der Waals surface area contributed by atoms with E-state index in [2.05, 4.69) is 40.6 Å². The van der Waals surface area contributed by atoms with Gasteiger partial charge < -0.3 is 25.9 Å². The maximum absolute atomic E-state index is 11.3. The van der Waals surface area contributed by atoms with Gasteiger partial charge in [-0.1, -0.05) is 60.7 Å². The molecule has 6 nitrogen and oxygen atoms in total. The monoisotopic (exact) mass is 471 g/mol. The quantitative estimate of drug-likeness (QED) is 0.215. The maximum Gasteiger partial charge on any atom is 0.303 e. The molecule has 5 N–H and O–H groups in total. The number of fused-ring (bicyclic) bond motifs is 1. The number of aromatic nitrogens is 1. The molecule has 0 bridgehead atoms. The summed E-state index contributed by atoms with van der Waals surface area (Å²) in [6.45, 7) is 1.00. The van der Waals surface area contributed by atoms with Crippen molar-refractivity contribution in [3.63, 3.8) is 0 Å². The first-order chi connectivity index (χ1) is 17.1. The van der Waals surface area contributed by atoms with E-state index < -0.39 is 5.97 Å². The van der Waals surface area contributed by atoms with Crippen LogP contribution in [0.4, 0.5) is 0 Å². The van der Waals surface area contributed by atoms with Crippen LogP contribution in [0, 0.1) is 0 Å². The zero-order valence-corrected chi connectivity index (χ0v) is 19.8. The van der Waals surface area contributed by atoms with Gasteiger partial charge >= 0.3 is 5.97 Å². The third-order valence-corrected chi connectivity index (χ3v) is 6.29. The molecule has 35 heavy (non-hydrogen) atoms. The Labute approximate surface area is 206 Å². The summed E-state index contributed by atoms with van der Waals surface area (Å²) < 4.78 is 5.98. The Morgan fingerprint density at radius 3 is 2.54 bits per heavy atom. The van der Waals surface area contributed by atoms with Gasteiger partial charge in [-0.05, 0) is 54.2 Å². The fourth-order valence-electron chi connectivity index (χ4n) is 4.41. The Balaban J connectivity index is 1.39. The number of H-pyrrole nitrogens is 1. The zero-order valence-electron chi connectivity index (χ0n) is 19.8. The van der Waals surface area contributed by atoms with Crippen molar-refractivity contribution >= 4 is 16.9 Å². The molecule has 3 aromatic carbocycles. The lowest BCUT2D eigenvalue weighted by molar-refractivity contribution is -0.137. The largest absolute Gasteiger partial charge is 0.489 e. The van der Waals surface area contributed by atoms with Crippen LogP contribution >= 0.6 is 0 Å². The first kappa shape index (κ1) is 24.5. The highest BCUT2D eigenvalue weighted by atomic mass is 16.5. The van der Waals surface area contributed by atoms with Gasteiger partial charge in [0, 0.05) is 42.1 Å². The average Bonchev–Trinajstić information content (AvgIpc) is 3.32. The Kier molecular flexibility index (Phi) is 8.54. The highest BCUT2D eigenvalue weighted by Gasteiger charge is 2.20. The molecule has 0 saturated carbocycles. The molecular formula is C29H33N3O3. The molecule has 0 spiro atoms. The Hall–Kier alpha value is -3.61. The average molecular weight is 472 g/mol. The summed E-state index contributed by atoms with van der Waals surface area (Å²) in [6.07, 6.45) is 4.25. The van der Waals surface area contributed by atoms with Gasteiger partial charge in [0.2, 0.25) is 0 Å². The number of para-hydroxylation sites is 1. The van der Waals surface area contributed by atoms with E-state index in [4.69, 9.17) is 10.5 Å². The van der Waals surface area contributed by atoms with E-state index in [1.165, 1.54) is 5.56 Å². The van der Waals surface area contributed by atoms with Crippen molar-refractivity contribution in [2.45, 2.75) is 44.4 Å². The minimum atomic E-state index is -0.798. The number of rotatable bonds is 13. The van der Waals surface area contributed by atoms with Crippen molar-refractivity contribution in [3.05, 3.63) is 102 Å². The second kappa shape index (κ2) is 12.2. The predicted octanol–water partition coefficient (Wildman–Crippen LogP) is 5.20. The standard InChI is InChI=1S/C29H33N3O3/c30-18-23(14-13-21-9-6-10-24(17-21)35-20-22-7-2-1-3-8-22)32-28(15-16-29(33)34)26-19-31-27-12-5-4-11-25(26)27/h1-12,17,19,23,28,31-32H,13-16,18,20,30H2,(H,33,34)/t23?,28-/m1/s1. The number of nitrogens with one attached hydrogen (secondary N) is 2. The van der Waals surface area contributed by atoms with Gasteiger partial charge in [-0.3, -0.25) is 4.79 Å². The molecule has 0 radical (unpaired) electrons. The van der Waals surface area contributed by atoms with Crippen LogP contribution in [0.25, 0.3) is 10.9 Å². The number of benzene rings is 3. The molecule has 0 aliphatic heterocycles. The molecular weight excluding hydrogens is 438 g/mol. The molecule has 2 atom stereocenters. The van der Waals surface area contributed by atoms with Crippen molar-refractivity contribution in [3.8, 4) is 5.75 Å². The van der Waals surface area contributed by atoms with Crippen molar-refractivity contribution in [2.75, 3.05) is 6.54 Å². The molecule has 4 rings (SSSR count). The lowest BCUT2D eigenvalue weighted by Crippen LogP contribution is -2.39. The van der Waals surface area contributed by atoms with Crippen LogP contribution in [0.15, 0.2) is 85.1 Å². The van der Waals surface area contributed by atoms with Crippen LogP contribution in [0.3, 0.4) is 0 Å². The van der Waals surface area contributed by atoms with Crippen LogP contribution in [-0.2, 0) is 17.8 Å². The molecule has 182 valence electrons. The van der Waals surface area contributed by atoms with Gasteiger partial charge in [0.25, 0.3) is 0 Å². The van der Waals surface area contributed by atoms with Crippen molar-refractivity contribution < 1.29 is 14.6 Å². The summed E-state index contributed by atoms with van der Waals surface area (Å²) in [5.41, 5.74) is 10.6. The fraction of sp³-hybridized carbons (Fsp3) is 0.276. The first-order valence-electron chi connectivity index (χ1n) is 12.1. The Morgan fingerprint density at radius 1 is 0.971 bits per heavy atom. The Morgan fingerprint density at radius 2 is 1.74 bits per heavy atom. The second-order valence-corrected chi connectivity index (χ2v) is 8.83. The van der Waals surface area contributed by atoms with Gasteiger partial charge in [0.15, 0.2) is 0 Å². The molecule has 0 amide bonds. The number of ether oxygens (including phenoxy) is 1. The van der Waals surface area contributed by atoms with Gasteiger partial charge in [-0.15, -0.1) is 0 Å². The summed E-state index contributed by atoms with van der Waals surface area (Å²) in [6, 6.07) is 26.3. The number of nitrogens with two attached hydrogens (primary N) is 1. The highest BCUT2D eigenvalue weighted by Crippen LogP contribution is 2.28. The molecule has 4 aromatic rings. The molecule has 1 heterocycles. The van der Waals surface area contributed by atoms with Crippen LogP contribution < -0.4 is 15.8 Å². The minimum Gasteiger partial charge on any atom is -0.489 e. The molecule has 0 saturated heterocycles. The summed E-state index contributed by atoms with van der Waals surface area (Å²) in [5, 5.41) is 14.0. The van der Waals surface area contributed by atoms with E-state index in [1.807, 2.05) is 54.7 Å².